The number of nitrogens with one attached hydrogen (secondary N) is 2. The van der Waals surface area contributed by atoms with Gasteiger partial charge >= 0.3 is 6.09 Å². The van der Waals surface area contributed by atoms with Crippen molar-refractivity contribution in [1.29, 1.82) is 0 Å². The van der Waals surface area contributed by atoms with E-state index < -0.39 is 6.09 Å². The van der Waals surface area contributed by atoms with Crippen LogP contribution in [0.15, 0.2) is 29.2 Å². The molecule has 0 saturated carbocycles. The monoisotopic (exact) mass is 455 g/mol. The summed E-state index contributed by atoms with van der Waals surface area (Å²) >= 11 is 6.34. The van der Waals surface area contributed by atoms with Crippen LogP contribution in [0.2, 0.25) is 0 Å². The fraction of sp³-hybridized carbons (Fsp3) is 0.304. The van der Waals surface area contributed by atoms with Gasteiger partial charge in [-0.15, -0.1) is 0 Å². The van der Waals surface area contributed by atoms with E-state index in [4.69, 9.17) is 17.2 Å². The van der Waals surface area contributed by atoms with Gasteiger partial charge in [0.2, 0.25) is 0 Å². The molecule has 0 atom stereocenters. The largest absolute Gasteiger partial charge is 0.465 e. The second kappa shape index (κ2) is 9.62. The molecule has 1 saturated heterocycles. The van der Waals surface area contributed by atoms with Crippen LogP contribution < -0.4 is 10.6 Å². The lowest BCUT2D eigenvalue weighted by Crippen LogP contribution is -2.23. The summed E-state index contributed by atoms with van der Waals surface area (Å²) < 4.78 is 0.419. The fourth-order valence-electron chi connectivity index (χ4n) is 3.51. The minimum Gasteiger partial charge on any atom is -0.465 e. The molecule has 2 aromatic rings. The van der Waals surface area contributed by atoms with Gasteiger partial charge in [0.05, 0.1) is 4.91 Å². The highest BCUT2D eigenvalue weighted by Gasteiger charge is 2.25. The lowest BCUT2D eigenvalue weighted by Gasteiger charge is -2.21. The zero-order chi connectivity index (χ0) is 22.7. The van der Waals surface area contributed by atoms with Crippen LogP contribution in [-0.2, 0) is 17.8 Å². The molecule has 1 aromatic heterocycles. The number of nitrogens with zero attached hydrogens (tertiary/aromatic N) is 1. The second-order valence-corrected chi connectivity index (χ2v) is 9.60. The summed E-state index contributed by atoms with van der Waals surface area (Å²) in [4.78, 5) is 28.9. The van der Waals surface area contributed by atoms with Crippen LogP contribution in [0.25, 0.3) is 17.2 Å². The first-order chi connectivity index (χ1) is 14.7. The number of carbonyl (C=O) groups excluding carboxylic acids is 1. The van der Waals surface area contributed by atoms with Crippen LogP contribution in [0.5, 0.6) is 0 Å². The molecule has 0 spiro atoms. The third-order valence-corrected chi connectivity index (χ3v) is 6.05. The molecule has 3 rings (SSSR count). The first-order valence-electron chi connectivity index (χ1n) is 9.96. The number of hydrogen-bond donors (Lipinski definition) is 3. The van der Waals surface area contributed by atoms with E-state index in [2.05, 4.69) is 24.5 Å². The highest BCUT2D eigenvalue weighted by molar-refractivity contribution is 8.26. The Balaban J connectivity index is 2.30. The topological polar surface area (TPSA) is 91.3 Å². The number of thioether (sulfide) groups is 1. The van der Waals surface area contributed by atoms with Crippen molar-refractivity contribution < 1.29 is 14.7 Å². The summed E-state index contributed by atoms with van der Waals surface area (Å²) in [6.07, 6.45) is 1.43. The number of thiocarbonyl (C=S) groups is 1. The summed E-state index contributed by atoms with van der Waals surface area (Å²) in [5, 5.41) is 14.4. The summed E-state index contributed by atoms with van der Waals surface area (Å²) in [5.41, 5.74) is 6.21. The Morgan fingerprint density at radius 3 is 2.52 bits per heavy atom. The first kappa shape index (κ1) is 23.0. The molecule has 0 unspecified atom stereocenters. The summed E-state index contributed by atoms with van der Waals surface area (Å²) in [7, 11) is 0. The Morgan fingerprint density at radius 2 is 1.97 bits per heavy atom. The highest BCUT2D eigenvalue weighted by Crippen LogP contribution is 2.36. The average Bonchev–Trinajstić information content (AvgIpc) is 2.99. The minimum atomic E-state index is -1.10. The van der Waals surface area contributed by atoms with Gasteiger partial charge in [-0.1, -0.05) is 67.7 Å². The number of carboxylic acid groups (broad SMARTS) is 1. The fourth-order valence-corrected chi connectivity index (χ4v) is 4.53. The maximum absolute atomic E-state index is 12.3. The molecule has 162 valence electrons. The maximum atomic E-state index is 12.3. The molecule has 3 N–H and O–H groups in total. The van der Waals surface area contributed by atoms with E-state index >= 15 is 0 Å². The number of benzene rings is 1. The van der Waals surface area contributed by atoms with Crippen LogP contribution in [-0.4, -0.2) is 26.4 Å². The Morgan fingerprint density at radius 1 is 1.29 bits per heavy atom. The molecule has 0 radical (unpaired) electrons. The molecule has 1 aromatic carbocycles. The molecule has 31 heavy (non-hydrogen) atoms. The maximum Gasteiger partial charge on any atom is 0.404 e. The van der Waals surface area contributed by atoms with E-state index in [0.29, 0.717) is 21.6 Å². The van der Waals surface area contributed by atoms with Crippen molar-refractivity contribution >= 4 is 46.4 Å². The van der Waals surface area contributed by atoms with Crippen molar-refractivity contribution in [3.05, 3.63) is 57.2 Å². The van der Waals surface area contributed by atoms with Crippen LogP contribution in [0, 0.1) is 19.8 Å². The van der Waals surface area contributed by atoms with Crippen molar-refractivity contribution in [3.63, 3.8) is 0 Å². The van der Waals surface area contributed by atoms with Gasteiger partial charge in [0.15, 0.2) is 0 Å². The second-order valence-electron chi connectivity index (χ2n) is 7.89. The summed E-state index contributed by atoms with van der Waals surface area (Å²) in [6.45, 7) is 8.27. The van der Waals surface area contributed by atoms with Crippen LogP contribution in [0.3, 0.4) is 0 Å². The molecule has 0 bridgehead atoms. The lowest BCUT2D eigenvalue weighted by molar-refractivity contribution is -0.115. The quantitative estimate of drug-likeness (QED) is 0.427. The number of pyridine rings is 1. The van der Waals surface area contributed by atoms with Crippen LogP contribution in [0.1, 0.15) is 41.9 Å². The third kappa shape index (κ3) is 5.51. The van der Waals surface area contributed by atoms with E-state index in [9.17, 15) is 14.7 Å². The first-order valence-corrected chi connectivity index (χ1v) is 11.2. The van der Waals surface area contributed by atoms with Crippen molar-refractivity contribution in [1.82, 2.24) is 15.6 Å². The van der Waals surface area contributed by atoms with Crippen molar-refractivity contribution in [3.8, 4) is 11.1 Å². The Kier molecular flexibility index (Phi) is 7.12. The number of aromatic nitrogens is 1. The number of amides is 2. The lowest BCUT2D eigenvalue weighted by atomic mass is 9.89. The minimum absolute atomic E-state index is 0.127. The molecule has 0 aliphatic carbocycles. The van der Waals surface area contributed by atoms with E-state index in [-0.39, 0.29) is 12.5 Å². The van der Waals surface area contributed by atoms with Gasteiger partial charge < -0.3 is 15.7 Å². The number of carbonyl (C=O) groups is 2. The van der Waals surface area contributed by atoms with Gasteiger partial charge in [-0.25, -0.2) is 4.79 Å². The van der Waals surface area contributed by atoms with E-state index in [1.807, 2.05) is 38.1 Å². The summed E-state index contributed by atoms with van der Waals surface area (Å²) in [6, 6.07) is 8.07. The van der Waals surface area contributed by atoms with Crippen molar-refractivity contribution in [2.45, 2.75) is 40.7 Å². The molecule has 1 fully saturated rings. The predicted octanol–water partition coefficient (Wildman–Crippen LogP) is 4.82. The van der Waals surface area contributed by atoms with Gasteiger partial charge in [0.25, 0.3) is 5.91 Å². The molecule has 6 nitrogen and oxygen atoms in total. The predicted molar refractivity (Wildman–Crippen MR) is 129 cm³/mol. The van der Waals surface area contributed by atoms with Crippen LogP contribution >= 0.6 is 24.0 Å². The molecule has 1 aliphatic rings. The van der Waals surface area contributed by atoms with Crippen molar-refractivity contribution in [2.24, 2.45) is 5.92 Å². The normalized spacial score (nSPS) is 14.9. The third-order valence-electron chi connectivity index (χ3n) is 4.89. The molecule has 1 aliphatic heterocycles. The molecule has 2 heterocycles. The zero-order valence-corrected chi connectivity index (χ0v) is 19.5. The molecule has 2 amide bonds. The van der Waals surface area contributed by atoms with E-state index in [0.717, 1.165) is 39.2 Å². The van der Waals surface area contributed by atoms with Crippen molar-refractivity contribution in [2.75, 3.05) is 0 Å². The molecular weight excluding hydrogens is 430 g/mol. The molecular formula is C23H25N3O3S2. The summed E-state index contributed by atoms with van der Waals surface area (Å²) in [5.74, 6) is 0.111. The number of hydrogen-bond acceptors (Lipinski definition) is 5. The average molecular weight is 456 g/mol. The SMILES string of the molecule is Cc1ccc(-c2c(/C=C3\SC(=S)NC3=O)c(C)nc(CC(C)C)c2CNC(=O)O)cc1. The van der Waals surface area contributed by atoms with Gasteiger partial charge in [-0.05, 0) is 43.4 Å². The van der Waals surface area contributed by atoms with Crippen LogP contribution in [0.4, 0.5) is 4.79 Å². The Labute approximate surface area is 191 Å². The molecule has 8 heteroatoms. The van der Waals surface area contributed by atoms with E-state index in [1.54, 1.807) is 6.08 Å². The number of aryl methyl sites for hydroxylation is 2. The smallest absolute Gasteiger partial charge is 0.404 e. The Hall–Kier alpha value is -2.71. The zero-order valence-electron chi connectivity index (χ0n) is 17.9. The van der Waals surface area contributed by atoms with Gasteiger partial charge in [0.1, 0.15) is 4.32 Å². The standard InChI is InChI=1S/C23H25N3O3S2/c1-12(2)9-18-17(11-24-22(28)29)20(15-7-5-13(3)6-8-15)16(14(4)25-18)10-19-21(27)26-23(30)31-19/h5-8,10,12,24H,9,11H2,1-4H3,(H,28,29)(H,26,27,30)/b19-10-. The van der Waals surface area contributed by atoms with Gasteiger partial charge in [-0.2, -0.15) is 0 Å². The number of rotatable bonds is 6. The van der Waals surface area contributed by atoms with E-state index in [1.165, 1.54) is 11.8 Å². The Bertz CT molecular complexity index is 1080. The highest BCUT2D eigenvalue weighted by atomic mass is 32.2. The van der Waals surface area contributed by atoms with Gasteiger partial charge in [0, 0.05) is 29.1 Å². The van der Waals surface area contributed by atoms with Gasteiger partial charge in [-0.3, -0.25) is 9.78 Å².